The Labute approximate surface area is 101 Å². The third-order valence-corrected chi connectivity index (χ3v) is 2.57. The zero-order chi connectivity index (χ0) is 12.8. The Morgan fingerprint density at radius 3 is 2.82 bits per heavy atom. The number of phenolic OH excluding ortho intramolecular Hbond substituents is 1. The number of carbonyl (C=O) groups is 1. The first kappa shape index (κ1) is 13.5. The Morgan fingerprint density at radius 1 is 1.53 bits per heavy atom. The van der Waals surface area contributed by atoms with E-state index in [-0.39, 0.29) is 17.4 Å². The summed E-state index contributed by atoms with van der Waals surface area (Å²) in [5.41, 5.74) is -0.0360. The second-order valence-electron chi connectivity index (χ2n) is 4.18. The molecule has 94 valence electrons. The number of nitrogens with one attached hydrogen (secondary N) is 1. The molecule has 0 heterocycles. The summed E-state index contributed by atoms with van der Waals surface area (Å²) in [6, 6.07) is 3.54. The lowest BCUT2D eigenvalue weighted by Crippen LogP contribution is -2.33. The molecule has 0 aliphatic heterocycles. The normalized spacial score (nSPS) is 12.2. The number of hydrogen-bond acceptors (Lipinski definition) is 2. The van der Waals surface area contributed by atoms with Gasteiger partial charge in [0.05, 0.1) is 5.56 Å². The van der Waals surface area contributed by atoms with Crippen molar-refractivity contribution < 1.29 is 14.3 Å². The minimum atomic E-state index is -0.704. The van der Waals surface area contributed by atoms with E-state index in [0.29, 0.717) is 0 Å². The Kier molecular flexibility index (Phi) is 4.94. The predicted molar refractivity (Wildman–Crippen MR) is 64.5 cm³/mol. The molecule has 0 spiro atoms. The van der Waals surface area contributed by atoms with Gasteiger partial charge in [-0.15, -0.1) is 0 Å². The van der Waals surface area contributed by atoms with Crippen molar-refractivity contribution in [3.05, 3.63) is 29.6 Å². The lowest BCUT2D eigenvalue weighted by atomic mass is 10.1. The number of amides is 1. The van der Waals surface area contributed by atoms with Crippen LogP contribution < -0.4 is 5.32 Å². The Bertz CT molecular complexity index is 393. The van der Waals surface area contributed by atoms with Gasteiger partial charge in [-0.05, 0) is 25.5 Å². The zero-order valence-corrected chi connectivity index (χ0v) is 10.2. The number of unbranched alkanes of at least 4 members (excludes halogenated alkanes) is 1. The van der Waals surface area contributed by atoms with Gasteiger partial charge >= 0.3 is 0 Å². The van der Waals surface area contributed by atoms with Crippen molar-refractivity contribution >= 4 is 5.91 Å². The molecule has 1 aromatic carbocycles. The molecule has 0 aliphatic rings. The van der Waals surface area contributed by atoms with Gasteiger partial charge in [0, 0.05) is 12.1 Å². The fourth-order valence-electron chi connectivity index (χ4n) is 1.57. The smallest absolute Gasteiger partial charge is 0.254 e. The number of rotatable bonds is 5. The van der Waals surface area contributed by atoms with Gasteiger partial charge in [-0.1, -0.05) is 19.8 Å². The molecule has 1 aromatic rings. The number of halogens is 1. The van der Waals surface area contributed by atoms with Crippen molar-refractivity contribution in [2.75, 3.05) is 0 Å². The van der Waals surface area contributed by atoms with Crippen LogP contribution in [0.1, 0.15) is 43.5 Å². The van der Waals surface area contributed by atoms with Crippen LogP contribution in [-0.4, -0.2) is 17.1 Å². The van der Waals surface area contributed by atoms with Crippen molar-refractivity contribution in [1.29, 1.82) is 0 Å². The lowest BCUT2D eigenvalue weighted by molar-refractivity contribution is 0.0934. The SMILES string of the molecule is CCCCC(C)NC(=O)c1ccc(O)cc1F. The highest BCUT2D eigenvalue weighted by molar-refractivity contribution is 5.94. The molecule has 2 N–H and O–H groups in total. The molecule has 4 heteroatoms. The van der Waals surface area contributed by atoms with Crippen molar-refractivity contribution in [3.8, 4) is 5.75 Å². The van der Waals surface area contributed by atoms with E-state index in [4.69, 9.17) is 5.11 Å². The van der Waals surface area contributed by atoms with E-state index in [1.807, 2.05) is 6.92 Å². The quantitative estimate of drug-likeness (QED) is 0.830. The monoisotopic (exact) mass is 239 g/mol. The van der Waals surface area contributed by atoms with Gasteiger partial charge in [-0.2, -0.15) is 0 Å². The number of carbonyl (C=O) groups excluding carboxylic acids is 1. The van der Waals surface area contributed by atoms with Gasteiger partial charge in [0.25, 0.3) is 5.91 Å². The van der Waals surface area contributed by atoms with Crippen LogP contribution in [-0.2, 0) is 0 Å². The van der Waals surface area contributed by atoms with Crippen molar-refractivity contribution in [1.82, 2.24) is 5.32 Å². The third-order valence-electron chi connectivity index (χ3n) is 2.57. The second kappa shape index (κ2) is 6.23. The van der Waals surface area contributed by atoms with E-state index in [0.717, 1.165) is 25.3 Å². The molecule has 0 saturated heterocycles. The fourth-order valence-corrected chi connectivity index (χ4v) is 1.57. The summed E-state index contributed by atoms with van der Waals surface area (Å²) >= 11 is 0. The maximum atomic E-state index is 13.4. The van der Waals surface area contributed by atoms with Crippen LogP contribution in [0.15, 0.2) is 18.2 Å². The van der Waals surface area contributed by atoms with E-state index in [1.54, 1.807) is 0 Å². The highest BCUT2D eigenvalue weighted by Gasteiger charge is 2.14. The summed E-state index contributed by atoms with van der Waals surface area (Å²) in [5.74, 6) is -1.32. The molecule has 1 unspecified atom stereocenters. The van der Waals surface area contributed by atoms with E-state index >= 15 is 0 Å². The molecule has 0 fully saturated rings. The number of hydrogen-bond donors (Lipinski definition) is 2. The average molecular weight is 239 g/mol. The largest absolute Gasteiger partial charge is 0.508 e. The average Bonchev–Trinajstić information content (AvgIpc) is 2.26. The van der Waals surface area contributed by atoms with E-state index in [9.17, 15) is 9.18 Å². The summed E-state index contributed by atoms with van der Waals surface area (Å²) in [7, 11) is 0. The summed E-state index contributed by atoms with van der Waals surface area (Å²) in [6.45, 7) is 3.97. The zero-order valence-electron chi connectivity index (χ0n) is 10.2. The van der Waals surface area contributed by atoms with E-state index in [2.05, 4.69) is 12.2 Å². The van der Waals surface area contributed by atoms with Crippen LogP contribution >= 0.6 is 0 Å². The molecule has 1 rings (SSSR count). The van der Waals surface area contributed by atoms with Crippen LogP contribution in [0.25, 0.3) is 0 Å². The van der Waals surface area contributed by atoms with Gasteiger partial charge in [0.15, 0.2) is 0 Å². The Morgan fingerprint density at radius 2 is 2.24 bits per heavy atom. The van der Waals surface area contributed by atoms with Crippen LogP contribution in [0.5, 0.6) is 5.75 Å². The van der Waals surface area contributed by atoms with Gasteiger partial charge in [0.1, 0.15) is 11.6 Å². The first-order valence-corrected chi connectivity index (χ1v) is 5.84. The van der Waals surface area contributed by atoms with Gasteiger partial charge in [-0.25, -0.2) is 4.39 Å². The molecule has 0 saturated carbocycles. The predicted octanol–water partition coefficient (Wildman–Crippen LogP) is 2.84. The maximum absolute atomic E-state index is 13.4. The molecular formula is C13H18FNO2. The fraction of sp³-hybridized carbons (Fsp3) is 0.462. The molecular weight excluding hydrogens is 221 g/mol. The molecule has 0 aliphatic carbocycles. The van der Waals surface area contributed by atoms with Gasteiger partial charge in [0.2, 0.25) is 0 Å². The van der Waals surface area contributed by atoms with Crippen molar-refractivity contribution in [2.24, 2.45) is 0 Å². The van der Waals surface area contributed by atoms with Crippen molar-refractivity contribution in [3.63, 3.8) is 0 Å². The summed E-state index contributed by atoms with van der Waals surface area (Å²) in [4.78, 5) is 11.7. The molecule has 3 nitrogen and oxygen atoms in total. The van der Waals surface area contributed by atoms with Crippen LogP contribution in [0.3, 0.4) is 0 Å². The third kappa shape index (κ3) is 4.06. The van der Waals surface area contributed by atoms with Gasteiger partial charge in [-0.3, -0.25) is 4.79 Å². The lowest BCUT2D eigenvalue weighted by Gasteiger charge is -2.13. The summed E-state index contributed by atoms with van der Waals surface area (Å²) in [6.07, 6.45) is 2.97. The maximum Gasteiger partial charge on any atom is 0.254 e. The molecule has 1 atom stereocenters. The van der Waals surface area contributed by atoms with Crippen LogP contribution in [0.2, 0.25) is 0 Å². The highest BCUT2D eigenvalue weighted by Crippen LogP contribution is 2.15. The van der Waals surface area contributed by atoms with Crippen molar-refractivity contribution in [2.45, 2.75) is 39.2 Å². The molecule has 17 heavy (non-hydrogen) atoms. The number of benzene rings is 1. The van der Waals surface area contributed by atoms with E-state index in [1.165, 1.54) is 12.1 Å². The Balaban J connectivity index is 2.63. The summed E-state index contributed by atoms with van der Waals surface area (Å²) in [5, 5.41) is 11.8. The Hall–Kier alpha value is -1.58. The summed E-state index contributed by atoms with van der Waals surface area (Å²) < 4.78 is 13.4. The molecule has 0 radical (unpaired) electrons. The standard InChI is InChI=1S/C13H18FNO2/c1-3-4-5-9(2)15-13(17)11-7-6-10(16)8-12(11)14/h6-9,16H,3-5H2,1-2H3,(H,15,17). The first-order valence-electron chi connectivity index (χ1n) is 5.84. The van der Waals surface area contributed by atoms with E-state index < -0.39 is 11.7 Å². The van der Waals surface area contributed by atoms with Gasteiger partial charge < -0.3 is 10.4 Å². The van der Waals surface area contributed by atoms with Crippen LogP contribution in [0.4, 0.5) is 4.39 Å². The first-order chi connectivity index (χ1) is 8.04. The topological polar surface area (TPSA) is 49.3 Å². The van der Waals surface area contributed by atoms with Crippen LogP contribution in [0, 0.1) is 5.82 Å². The number of phenols is 1. The minimum absolute atomic E-state index is 0.0238. The second-order valence-corrected chi connectivity index (χ2v) is 4.18. The number of aromatic hydroxyl groups is 1. The molecule has 0 aromatic heterocycles. The minimum Gasteiger partial charge on any atom is -0.508 e. The highest BCUT2D eigenvalue weighted by atomic mass is 19.1. The molecule has 0 bridgehead atoms. The molecule has 1 amide bonds.